The predicted molar refractivity (Wildman–Crippen MR) is 119 cm³/mol. The molecule has 1 atom stereocenters. The highest BCUT2D eigenvalue weighted by atomic mass is 19.2. The smallest absolute Gasteiger partial charge is 0.226 e. The summed E-state index contributed by atoms with van der Waals surface area (Å²) in [5.74, 6) is -4.16. The molecule has 33 heavy (non-hydrogen) atoms. The lowest BCUT2D eigenvalue weighted by atomic mass is 10.1. The highest BCUT2D eigenvalue weighted by Gasteiger charge is 2.26. The third kappa shape index (κ3) is 9.82. The topological polar surface area (TPSA) is 114 Å². The molecule has 0 aromatic carbocycles. The van der Waals surface area contributed by atoms with Crippen molar-refractivity contribution in [2.45, 2.75) is 31.7 Å². The first-order valence-corrected chi connectivity index (χ1v) is 10.4. The molecule has 2 amide bonds. The zero-order valence-electron chi connectivity index (χ0n) is 19.0. The van der Waals surface area contributed by atoms with Gasteiger partial charge in [-0.25, -0.2) is 13.2 Å². The standard InChI is InChI=1S/C22H31F3N6O2/c1-15(23)11-18(25)17(24)6-4-5-16(27)12-22(33)31-10-9-30(3)20(14-31)19(28-2)13-21(32)29-8-7-26/h6,11,16,28H,1,4-5,8-10,12-14,27H2,2-3H3,(H,29,32)/b17-6+,18-11+,20-19-. The number of rotatable bonds is 11. The number of likely N-dealkylation sites (N-methyl/N-ethyl adjacent to an activating group) is 1. The molecular formula is C22H31F3N6O2. The second-order valence-corrected chi connectivity index (χ2v) is 7.56. The highest BCUT2D eigenvalue weighted by Crippen LogP contribution is 2.19. The van der Waals surface area contributed by atoms with Gasteiger partial charge in [0.1, 0.15) is 12.4 Å². The number of amides is 2. The van der Waals surface area contributed by atoms with Gasteiger partial charge < -0.3 is 26.2 Å². The Morgan fingerprint density at radius 2 is 2.00 bits per heavy atom. The van der Waals surface area contributed by atoms with Crippen molar-refractivity contribution in [1.29, 1.82) is 5.26 Å². The van der Waals surface area contributed by atoms with Crippen LogP contribution in [0.3, 0.4) is 0 Å². The fraction of sp³-hybridized carbons (Fsp3) is 0.500. The molecule has 0 saturated carbocycles. The Morgan fingerprint density at radius 1 is 1.30 bits per heavy atom. The fourth-order valence-electron chi connectivity index (χ4n) is 3.20. The van der Waals surface area contributed by atoms with E-state index in [0.29, 0.717) is 24.9 Å². The monoisotopic (exact) mass is 468 g/mol. The molecule has 1 rings (SSSR count). The van der Waals surface area contributed by atoms with E-state index in [0.717, 1.165) is 11.8 Å². The van der Waals surface area contributed by atoms with Gasteiger partial charge in [-0.2, -0.15) is 5.26 Å². The van der Waals surface area contributed by atoms with Crippen LogP contribution in [-0.4, -0.2) is 67.9 Å². The average molecular weight is 469 g/mol. The number of carbonyl (C=O) groups is 2. The Kier molecular flexibility index (Phi) is 11.8. The van der Waals surface area contributed by atoms with Crippen molar-refractivity contribution in [3.05, 3.63) is 47.6 Å². The first-order chi connectivity index (χ1) is 15.6. The minimum Gasteiger partial charge on any atom is -0.390 e. The molecule has 4 N–H and O–H groups in total. The maximum Gasteiger partial charge on any atom is 0.226 e. The number of carbonyl (C=O) groups excluding carboxylic acids is 2. The summed E-state index contributed by atoms with van der Waals surface area (Å²) in [6.45, 7) is 4.06. The summed E-state index contributed by atoms with van der Waals surface area (Å²) in [5.41, 5.74) is 7.41. The van der Waals surface area contributed by atoms with Gasteiger partial charge in [0.15, 0.2) is 11.7 Å². The molecule has 0 aliphatic carbocycles. The van der Waals surface area contributed by atoms with Gasteiger partial charge in [0.05, 0.1) is 24.7 Å². The minimum absolute atomic E-state index is 0.0175. The van der Waals surface area contributed by atoms with E-state index in [1.807, 2.05) is 18.0 Å². The average Bonchev–Trinajstić information content (AvgIpc) is 2.75. The van der Waals surface area contributed by atoms with Crippen LogP contribution in [0.1, 0.15) is 25.7 Å². The third-order valence-electron chi connectivity index (χ3n) is 5.02. The molecule has 0 aromatic heterocycles. The van der Waals surface area contributed by atoms with Crippen LogP contribution in [0.4, 0.5) is 13.2 Å². The number of piperazine rings is 1. The molecular weight excluding hydrogens is 437 g/mol. The molecule has 1 saturated heterocycles. The van der Waals surface area contributed by atoms with E-state index in [4.69, 9.17) is 11.0 Å². The van der Waals surface area contributed by atoms with Crippen molar-refractivity contribution in [2.75, 3.05) is 40.3 Å². The second kappa shape index (κ2) is 14.0. The van der Waals surface area contributed by atoms with Crippen LogP contribution in [0.15, 0.2) is 47.6 Å². The SMILES string of the molecule is C=C(F)/C=C(F)\C(F)=C/CCC(N)CC(=O)N1CCN(C)/C(=C(/CC(=O)NCC#N)NC)C1. The summed E-state index contributed by atoms with van der Waals surface area (Å²) in [7, 11) is 3.54. The van der Waals surface area contributed by atoms with Crippen molar-refractivity contribution in [2.24, 2.45) is 5.73 Å². The summed E-state index contributed by atoms with van der Waals surface area (Å²) in [6, 6.07) is 1.27. The van der Waals surface area contributed by atoms with Gasteiger partial charge >= 0.3 is 0 Å². The molecule has 0 bridgehead atoms. The van der Waals surface area contributed by atoms with Crippen LogP contribution >= 0.6 is 0 Å². The van der Waals surface area contributed by atoms with Gasteiger partial charge in [-0.15, -0.1) is 0 Å². The summed E-state index contributed by atoms with van der Waals surface area (Å²) < 4.78 is 39.4. The number of nitriles is 1. The lowest BCUT2D eigenvalue weighted by molar-refractivity contribution is -0.132. The highest BCUT2D eigenvalue weighted by molar-refractivity contribution is 5.79. The summed E-state index contributed by atoms with van der Waals surface area (Å²) >= 11 is 0. The largest absolute Gasteiger partial charge is 0.390 e. The number of nitrogens with zero attached hydrogens (tertiary/aromatic N) is 3. The van der Waals surface area contributed by atoms with Gasteiger partial charge in [0.25, 0.3) is 0 Å². The van der Waals surface area contributed by atoms with E-state index >= 15 is 0 Å². The molecule has 1 heterocycles. The molecule has 1 aliphatic rings. The molecule has 8 nitrogen and oxygen atoms in total. The zero-order chi connectivity index (χ0) is 25.0. The van der Waals surface area contributed by atoms with Crippen molar-refractivity contribution >= 4 is 11.8 Å². The Bertz CT molecular complexity index is 863. The first-order valence-electron chi connectivity index (χ1n) is 10.4. The summed E-state index contributed by atoms with van der Waals surface area (Å²) in [6.07, 6.45) is 1.67. The van der Waals surface area contributed by atoms with Crippen LogP contribution in [0, 0.1) is 11.3 Å². The predicted octanol–water partition coefficient (Wildman–Crippen LogP) is 1.91. The van der Waals surface area contributed by atoms with Crippen LogP contribution in [0.5, 0.6) is 0 Å². The van der Waals surface area contributed by atoms with Gasteiger partial charge in [-0.3, -0.25) is 9.59 Å². The second-order valence-electron chi connectivity index (χ2n) is 7.56. The molecule has 0 radical (unpaired) electrons. The fourth-order valence-corrected chi connectivity index (χ4v) is 3.20. The van der Waals surface area contributed by atoms with E-state index in [1.54, 1.807) is 11.9 Å². The zero-order valence-corrected chi connectivity index (χ0v) is 19.0. The van der Waals surface area contributed by atoms with E-state index in [1.165, 1.54) is 0 Å². The quantitative estimate of drug-likeness (QED) is 0.315. The van der Waals surface area contributed by atoms with E-state index in [-0.39, 0.29) is 50.6 Å². The molecule has 1 unspecified atom stereocenters. The van der Waals surface area contributed by atoms with E-state index < -0.39 is 23.5 Å². The maximum absolute atomic E-state index is 13.5. The number of allylic oxidation sites excluding steroid dienone is 5. The number of hydrogen-bond acceptors (Lipinski definition) is 6. The number of nitrogens with two attached hydrogens (primary N) is 1. The third-order valence-corrected chi connectivity index (χ3v) is 5.02. The van der Waals surface area contributed by atoms with Crippen molar-refractivity contribution in [3.8, 4) is 6.07 Å². The molecule has 1 fully saturated rings. The normalized spacial score (nSPS) is 17.2. The number of halogens is 3. The van der Waals surface area contributed by atoms with Crippen molar-refractivity contribution < 1.29 is 22.8 Å². The molecule has 182 valence electrons. The van der Waals surface area contributed by atoms with Crippen molar-refractivity contribution in [1.82, 2.24) is 20.4 Å². The van der Waals surface area contributed by atoms with E-state index in [9.17, 15) is 22.8 Å². The Labute approximate surface area is 192 Å². The van der Waals surface area contributed by atoms with Gasteiger partial charge in [0.2, 0.25) is 11.8 Å². The van der Waals surface area contributed by atoms with Crippen LogP contribution < -0.4 is 16.4 Å². The van der Waals surface area contributed by atoms with Crippen LogP contribution in [-0.2, 0) is 9.59 Å². The Morgan fingerprint density at radius 3 is 2.61 bits per heavy atom. The van der Waals surface area contributed by atoms with Crippen LogP contribution in [0.2, 0.25) is 0 Å². The lowest BCUT2D eigenvalue weighted by Crippen LogP contribution is -2.48. The molecule has 11 heteroatoms. The van der Waals surface area contributed by atoms with Crippen LogP contribution in [0.25, 0.3) is 0 Å². The maximum atomic E-state index is 13.5. The van der Waals surface area contributed by atoms with E-state index in [2.05, 4.69) is 17.2 Å². The molecule has 0 spiro atoms. The minimum atomic E-state index is -1.36. The summed E-state index contributed by atoms with van der Waals surface area (Å²) in [5, 5.41) is 14.1. The van der Waals surface area contributed by atoms with Gasteiger partial charge in [-0.1, -0.05) is 6.58 Å². The number of hydrogen-bond donors (Lipinski definition) is 3. The van der Waals surface area contributed by atoms with Gasteiger partial charge in [-0.05, 0) is 18.9 Å². The van der Waals surface area contributed by atoms with Gasteiger partial charge in [0, 0.05) is 51.4 Å². The Hall–Kier alpha value is -3.26. The first kappa shape index (κ1) is 27.8. The molecule has 0 aromatic rings. The Balaban J connectivity index is 2.70. The number of nitrogens with one attached hydrogen (secondary N) is 2. The van der Waals surface area contributed by atoms with Crippen molar-refractivity contribution in [3.63, 3.8) is 0 Å². The lowest BCUT2D eigenvalue weighted by Gasteiger charge is -2.37. The molecule has 1 aliphatic heterocycles. The summed E-state index contributed by atoms with van der Waals surface area (Å²) in [4.78, 5) is 28.3.